The van der Waals surface area contributed by atoms with Crippen molar-refractivity contribution in [3.8, 4) is 0 Å². The average molecular weight is 452 g/mol. The largest absolute Gasteiger partial charge is 0.381 e. The summed E-state index contributed by atoms with van der Waals surface area (Å²) in [6.07, 6.45) is 3.73. The Labute approximate surface area is 184 Å². The van der Waals surface area contributed by atoms with Gasteiger partial charge in [0.25, 0.3) is 5.91 Å². The first-order valence-electron chi connectivity index (χ1n) is 11.3. The summed E-state index contributed by atoms with van der Waals surface area (Å²) in [7, 11) is -3.69. The normalized spacial score (nSPS) is 24.7. The fraction of sp³-hybridized carbons (Fsp3) is 0.682. The van der Waals surface area contributed by atoms with Crippen LogP contribution in [-0.4, -0.2) is 88.7 Å². The average Bonchev–Trinajstić information content (AvgIpc) is 3.35. The zero-order valence-corrected chi connectivity index (χ0v) is 18.8. The van der Waals surface area contributed by atoms with Gasteiger partial charge in [-0.15, -0.1) is 0 Å². The van der Waals surface area contributed by atoms with Gasteiger partial charge in [0.05, 0.1) is 30.3 Å². The predicted molar refractivity (Wildman–Crippen MR) is 116 cm³/mol. The lowest BCUT2D eigenvalue weighted by molar-refractivity contribution is 0.00165. The first-order chi connectivity index (χ1) is 15.1. The summed E-state index contributed by atoms with van der Waals surface area (Å²) in [4.78, 5) is 15.6. The number of carbonyl (C=O) groups is 1. The zero-order valence-electron chi connectivity index (χ0n) is 18.0. The molecule has 0 aliphatic carbocycles. The van der Waals surface area contributed by atoms with Crippen LogP contribution in [0.4, 0.5) is 0 Å². The van der Waals surface area contributed by atoms with Gasteiger partial charge in [0.15, 0.2) is 0 Å². The van der Waals surface area contributed by atoms with E-state index in [0.717, 1.165) is 45.4 Å². The van der Waals surface area contributed by atoms with E-state index in [2.05, 4.69) is 10.2 Å². The van der Waals surface area contributed by atoms with Crippen LogP contribution in [0, 0.1) is 5.92 Å². The molecule has 1 amide bonds. The molecule has 0 bridgehead atoms. The lowest BCUT2D eigenvalue weighted by Crippen LogP contribution is -2.52. The lowest BCUT2D eigenvalue weighted by atomic mass is 9.96. The third kappa shape index (κ3) is 5.28. The number of carbonyl (C=O) groups excluding carboxylic acids is 1. The Bertz CT molecular complexity index is 844. The fourth-order valence-electron chi connectivity index (χ4n) is 4.78. The predicted octanol–water partition coefficient (Wildman–Crippen LogP) is 1.33. The van der Waals surface area contributed by atoms with Crippen molar-refractivity contribution in [1.82, 2.24) is 14.5 Å². The molecule has 1 aromatic carbocycles. The Kier molecular flexibility index (Phi) is 7.60. The van der Waals surface area contributed by atoms with Crippen molar-refractivity contribution >= 4 is 15.9 Å². The molecular weight excluding hydrogens is 418 g/mol. The summed E-state index contributed by atoms with van der Waals surface area (Å²) >= 11 is 0. The van der Waals surface area contributed by atoms with Gasteiger partial charge in [-0.25, -0.2) is 8.42 Å². The van der Waals surface area contributed by atoms with Gasteiger partial charge in [-0.05, 0) is 31.4 Å². The van der Waals surface area contributed by atoms with Crippen molar-refractivity contribution < 1.29 is 22.7 Å². The maximum atomic E-state index is 13.2. The summed E-state index contributed by atoms with van der Waals surface area (Å²) in [6, 6.07) is 6.70. The van der Waals surface area contributed by atoms with Crippen LogP contribution in [0.15, 0.2) is 29.2 Å². The van der Waals surface area contributed by atoms with Crippen molar-refractivity contribution in [2.45, 2.75) is 36.6 Å². The van der Waals surface area contributed by atoms with E-state index in [1.165, 1.54) is 4.31 Å². The summed E-state index contributed by atoms with van der Waals surface area (Å²) < 4.78 is 39.0. The van der Waals surface area contributed by atoms with Crippen molar-refractivity contribution in [3.05, 3.63) is 29.8 Å². The maximum absolute atomic E-state index is 13.2. The van der Waals surface area contributed by atoms with E-state index in [-0.39, 0.29) is 22.4 Å². The number of piperidine rings is 1. The van der Waals surface area contributed by atoms with Gasteiger partial charge in [-0.1, -0.05) is 18.6 Å². The molecule has 1 N–H and O–H groups in total. The van der Waals surface area contributed by atoms with Gasteiger partial charge in [-0.3, -0.25) is 9.69 Å². The molecule has 3 saturated heterocycles. The van der Waals surface area contributed by atoms with Crippen molar-refractivity contribution in [1.29, 1.82) is 0 Å². The van der Waals surface area contributed by atoms with E-state index in [9.17, 15) is 13.2 Å². The van der Waals surface area contributed by atoms with Crippen LogP contribution in [0.5, 0.6) is 0 Å². The number of hydrogen-bond acceptors (Lipinski definition) is 6. The van der Waals surface area contributed by atoms with Crippen molar-refractivity contribution in [3.63, 3.8) is 0 Å². The Balaban J connectivity index is 1.49. The Hall–Kier alpha value is -1.52. The number of hydrogen-bond donors (Lipinski definition) is 1. The van der Waals surface area contributed by atoms with Crippen LogP contribution in [0.1, 0.15) is 36.0 Å². The molecule has 4 rings (SSSR count). The molecule has 1 aromatic rings. The lowest BCUT2D eigenvalue weighted by Gasteiger charge is -2.37. The number of nitrogens with zero attached hydrogens (tertiary/aromatic N) is 2. The number of sulfonamides is 1. The highest BCUT2D eigenvalue weighted by Gasteiger charge is 2.33. The Morgan fingerprint density at radius 2 is 1.77 bits per heavy atom. The molecule has 31 heavy (non-hydrogen) atoms. The van der Waals surface area contributed by atoms with Crippen LogP contribution >= 0.6 is 0 Å². The van der Waals surface area contributed by atoms with Gasteiger partial charge in [0.1, 0.15) is 0 Å². The van der Waals surface area contributed by atoms with Gasteiger partial charge >= 0.3 is 0 Å². The molecule has 3 fully saturated rings. The van der Waals surface area contributed by atoms with Crippen LogP contribution in [0.25, 0.3) is 0 Å². The number of nitrogens with one attached hydrogen (secondary N) is 1. The van der Waals surface area contributed by atoms with Gasteiger partial charge in [0, 0.05) is 51.3 Å². The molecule has 2 unspecified atom stereocenters. The fourth-order valence-corrected chi connectivity index (χ4v) is 6.48. The molecule has 2 atom stereocenters. The van der Waals surface area contributed by atoms with E-state index < -0.39 is 10.0 Å². The van der Waals surface area contributed by atoms with Crippen LogP contribution in [-0.2, 0) is 19.5 Å². The third-order valence-electron chi connectivity index (χ3n) is 6.56. The molecule has 3 aliphatic rings. The van der Waals surface area contributed by atoms with E-state index in [4.69, 9.17) is 9.47 Å². The Morgan fingerprint density at radius 3 is 2.48 bits per heavy atom. The second-order valence-corrected chi connectivity index (χ2v) is 10.4. The van der Waals surface area contributed by atoms with Crippen molar-refractivity contribution in [2.75, 3.05) is 59.2 Å². The highest BCUT2D eigenvalue weighted by atomic mass is 32.2. The number of morpholine rings is 1. The highest BCUT2D eigenvalue weighted by Crippen LogP contribution is 2.25. The minimum absolute atomic E-state index is 0.0986. The monoisotopic (exact) mass is 451 g/mol. The first-order valence-corrected chi connectivity index (χ1v) is 12.8. The molecule has 0 radical (unpaired) electrons. The summed E-state index contributed by atoms with van der Waals surface area (Å²) in [5.41, 5.74) is 0.219. The molecule has 9 heteroatoms. The summed E-state index contributed by atoms with van der Waals surface area (Å²) in [5, 5.41) is 3.03. The third-order valence-corrected chi connectivity index (χ3v) is 8.52. The molecule has 3 aliphatic heterocycles. The number of benzene rings is 1. The number of amides is 1. The zero-order chi connectivity index (χ0) is 21.7. The van der Waals surface area contributed by atoms with Crippen molar-refractivity contribution in [2.24, 2.45) is 5.92 Å². The quantitative estimate of drug-likeness (QED) is 0.673. The Morgan fingerprint density at radius 1 is 1.03 bits per heavy atom. The van der Waals surface area contributed by atoms with E-state index in [1.807, 2.05) is 0 Å². The molecular formula is C22H33N3O5S. The minimum atomic E-state index is -3.69. The van der Waals surface area contributed by atoms with Crippen LogP contribution in [0.2, 0.25) is 0 Å². The topological polar surface area (TPSA) is 88.2 Å². The standard InChI is InChI=1S/C22H33N3O5S/c26-22(23-16-20(18-8-13-30-17-18)24-11-14-29-15-12-24)19-6-2-3-7-21(19)31(27,28)25-9-4-1-5-10-25/h2-3,6-7,18,20H,1,4-5,8-17H2,(H,23,26). The molecule has 0 saturated carbocycles. The molecule has 0 spiro atoms. The maximum Gasteiger partial charge on any atom is 0.252 e. The summed E-state index contributed by atoms with van der Waals surface area (Å²) in [5.74, 6) is 0.0130. The first kappa shape index (κ1) is 22.7. The van der Waals surface area contributed by atoms with Crippen LogP contribution in [0.3, 0.4) is 0 Å². The van der Waals surface area contributed by atoms with E-state index in [1.54, 1.807) is 24.3 Å². The van der Waals surface area contributed by atoms with E-state index in [0.29, 0.717) is 45.4 Å². The summed E-state index contributed by atoms with van der Waals surface area (Å²) in [6.45, 7) is 5.97. The second-order valence-electron chi connectivity index (χ2n) is 8.51. The smallest absolute Gasteiger partial charge is 0.252 e. The van der Waals surface area contributed by atoms with Crippen LogP contribution < -0.4 is 5.32 Å². The van der Waals surface area contributed by atoms with Gasteiger partial charge in [-0.2, -0.15) is 4.31 Å². The van der Waals surface area contributed by atoms with Gasteiger partial charge < -0.3 is 14.8 Å². The van der Waals surface area contributed by atoms with E-state index >= 15 is 0 Å². The molecule has 8 nitrogen and oxygen atoms in total. The number of rotatable bonds is 7. The highest BCUT2D eigenvalue weighted by molar-refractivity contribution is 7.89. The minimum Gasteiger partial charge on any atom is -0.381 e. The molecule has 3 heterocycles. The SMILES string of the molecule is O=C(NCC(C1CCOC1)N1CCOCC1)c1ccccc1S(=O)(=O)N1CCCCC1. The molecule has 172 valence electrons. The second kappa shape index (κ2) is 10.4. The number of ether oxygens (including phenoxy) is 2. The molecule has 0 aromatic heterocycles. The van der Waals surface area contributed by atoms with Gasteiger partial charge in [0.2, 0.25) is 10.0 Å².